The monoisotopic (exact) mass is 482 g/mol. The van der Waals surface area contributed by atoms with E-state index in [1.165, 1.54) is 0 Å². The van der Waals surface area contributed by atoms with Crippen LogP contribution in [-0.4, -0.2) is 46.5 Å². The van der Waals surface area contributed by atoms with E-state index in [0.717, 1.165) is 43.6 Å². The molecule has 182 valence electrons. The summed E-state index contributed by atoms with van der Waals surface area (Å²) >= 11 is 0. The molecule has 8 heteroatoms. The number of carbonyl (C=O) groups excluding carboxylic acids is 1. The predicted molar refractivity (Wildman–Crippen MR) is 137 cm³/mol. The number of ether oxygens (including phenoxy) is 2. The number of benzene rings is 3. The van der Waals surface area contributed by atoms with Crippen LogP contribution >= 0.6 is 0 Å². The largest absolute Gasteiger partial charge is 0.375 e. The van der Waals surface area contributed by atoms with Crippen LogP contribution in [0, 0.1) is 0 Å². The number of hydrogen-bond donors (Lipinski definition) is 3. The topological polar surface area (TPSA) is 89.7 Å². The van der Waals surface area contributed by atoms with Crippen LogP contribution in [0.2, 0.25) is 0 Å². The van der Waals surface area contributed by atoms with Gasteiger partial charge in [-0.1, -0.05) is 36.4 Å². The van der Waals surface area contributed by atoms with Crippen molar-refractivity contribution in [3.8, 4) is 0 Å². The number of aliphatic hydroxyl groups excluding tert-OH is 1. The Morgan fingerprint density at radius 1 is 1.08 bits per heavy atom. The number of amides is 1. The zero-order valence-electron chi connectivity index (χ0n) is 20.2. The van der Waals surface area contributed by atoms with Crippen molar-refractivity contribution >= 4 is 49.5 Å². The molecule has 0 aliphatic carbocycles. The Hall–Kier alpha value is -3.43. The van der Waals surface area contributed by atoms with Gasteiger partial charge in [-0.2, -0.15) is 0 Å². The van der Waals surface area contributed by atoms with Crippen LogP contribution in [0.1, 0.15) is 41.7 Å². The molecule has 36 heavy (non-hydrogen) atoms. The number of fused-ring (bicyclic) bond motifs is 13. The van der Waals surface area contributed by atoms with Crippen molar-refractivity contribution in [3.05, 3.63) is 59.7 Å². The molecule has 8 nitrogen and oxygen atoms in total. The second-order valence-corrected chi connectivity index (χ2v) is 10.3. The number of nitrogens with one attached hydrogen (secondary N) is 2. The van der Waals surface area contributed by atoms with Gasteiger partial charge in [0.2, 0.25) is 0 Å². The van der Waals surface area contributed by atoms with Crippen molar-refractivity contribution in [3.63, 3.8) is 0 Å². The number of aliphatic hydroxyl groups is 1. The normalized spacial score (nSPS) is 28.9. The van der Waals surface area contributed by atoms with Gasteiger partial charge in [0.25, 0.3) is 5.91 Å². The third-order valence-electron chi connectivity index (χ3n) is 8.65. The molecule has 3 aromatic carbocycles. The van der Waals surface area contributed by atoms with Crippen molar-refractivity contribution in [2.24, 2.45) is 0 Å². The quantitative estimate of drug-likeness (QED) is 0.356. The van der Waals surface area contributed by atoms with Gasteiger partial charge in [0.05, 0.1) is 27.6 Å². The first kappa shape index (κ1) is 20.7. The van der Waals surface area contributed by atoms with Crippen LogP contribution in [0.4, 0.5) is 0 Å². The summed E-state index contributed by atoms with van der Waals surface area (Å²) in [6.45, 7) is 2.09. The average molecular weight is 483 g/mol. The molecule has 0 saturated carbocycles. The first-order chi connectivity index (χ1) is 17.5. The maximum absolute atomic E-state index is 13.4. The Balaban J connectivity index is 1.73. The van der Waals surface area contributed by atoms with Crippen LogP contribution in [-0.2, 0) is 15.2 Å². The van der Waals surface area contributed by atoms with Crippen molar-refractivity contribution in [2.75, 3.05) is 14.2 Å². The molecule has 1 saturated heterocycles. The molecule has 2 aromatic heterocycles. The highest BCUT2D eigenvalue weighted by atomic mass is 16.6. The number of para-hydroxylation sites is 2. The molecule has 1 unspecified atom stereocenters. The lowest BCUT2D eigenvalue weighted by molar-refractivity contribution is -0.256. The zero-order valence-corrected chi connectivity index (χ0v) is 20.2. The first-order valence-electron chi connectivity index (χ1n) is 12.4. The maximum Gasteiger partial charge on any atom is 0.254 e. The molecule has 0 spiro atoms. The van der Waals surface area contributed by atoms with Crippen molar-refractivity contribution in [2.45, 2.75) is 43.7 Å². The second kappa shape index (κ2) is 6.66. The van der Waals surface area contributed by atoms with Crippen LogP contribution in [0.25, 0.3) is 43.6 Å². The van der Waals surface area contributed by atoms with E-state index in [2.05, 4.69) is 51.0 Å². The van der Waals surface area contributed by atoms with E-state index in [0.29, 0.717) is 17.5 Å². The van der Waals surface area contributed by atoms with Crippen LogP contribution in [0.3, 0.4) is 0 Å². The third-order valence-corrected chi connectivity index (χ3v) is 8.65. The van der Waals surface area contributed by atoms with E-state index in [9.17, 15) is 9.90 Å². The van der Waals surface area contributed by atoms with Gasteiger partial charge in [-0.25, -0.2) is 0 Å². The van der Waals surface area contributed by atoms with Gasteiger partial charge in [-0.3, -0.25) is 4.79 Å². The zero-order chi connectivity index (χ0) is 24.5. The lowest BCUT2D eigenvalue weighted by Gasteiger charge is -2.48. The van der Waals surface area contributed by atoms with Crippen molar-refractivity contribution in [1.82, 2.24) is 19.8 Å². The van der Waals surface area contributed by atoms with Crippen LogP contribution < -0.4 is 10.6 Å². The molecule has 5 heterocycles. The Kier molecular flexibility index (Phi) is 3.83. The summed E-state index contributed by atoms with van der Waals surface area (Å²) in [5, 5.41) is 21.1. The fourth-order valence-electron chi connectivity index (χ4n) is 7.38. The molecule has 5 aromatic rings. The van der Waals surface area contributed by atoms with E-state index < -0.39 is 12.0 Å². The fourth-order valence-corrected chi connectivity index (χ4v) is 7.38. The molecule has 1 amide bonds. The Labute approximate surface area is 206 Å². The van der Waals surface area contributed by atoms with Gasteiger partial charge in [-0.05, 0) is 26.1 Å². The van der Waals surface area contributed by atoms with E-state index >= 15 is 0 Å². The molecule has 0 radical (unpaired) electrons. The predicted octanol–water partition coefficient (Wildman–Crippen LogP) is 3.84. The number of rotatable bonds is 2. The fraction of sp³-hybridized carbons (Fsp3) is 0.321. The Morgan fingerprint density at radius 3 is 2.50 bits per heavy atom. The maximum atomic E-state index is 13.4. The van der Waals surface area contributed by atoms with Crippen molar-refractivity contribution in [1.29, 1.82) is 0 Å². The Morgan fingerprint density at radius 2 is 1.78 bits per heavy atom. The summed E-state index contributed by atoms with van der Waals surface area (Å²) in [7, 11) is 3.70. The Bertz CT molecular complexity index is 1790. The summed E-state index contributed by atoms with van der Waals surface area (Å²) in [6.07, 6.45) is -0.941. The van der Waals surface area contributed by atoms with Gasteiger partial charge >= 0.3 is 0 Å². The molecule has 5 atom stereocenters. The summed E-state index contributed by atoms with van der Waals surface area (Å²) in [4.78, 5) is 13.4. The molecule has 3 N–H and O–H groups in total. The van der Waals surface area contributed by atoms with E-state index in [4.69, 9.17) is 9.47 Å². The number of hydrogen-bond acceptors (Lipinski definition) is 5. The van der Waals surface area contributed by atoms with E-state index in [1.807, 2.05) is 31.3 Å². The van der Waals surface area contributed by atoms with Crippen molar-refractivity contribution < 1.29 is 19.4 Å². The number of likely N-dealkylation sites (N-methyl/N-ethyl adjacent to an activating group) is 1. The smallest absolute Gasteiger partial charge is 0.254 e. The minimum absolute atomic E-state index is 0.0289. The first-order valence-corrected chi connectivity index (χ1v) is 12.4. The molecular weight excluding hydrogens is 456 g/mol. The number of nitrogens with zero attached hydrogens (tertiary/aromatic N) is 2. The highest BCUT2D eigenvalue weighted by Gasteiger charge is 2.53. The number of methoxy groups -OCH3 is 1. The van der Waals surface area contributed by atoms with Gasteiger partial charge in [0.15, 0.2) is 12.0 Å². The minimum Gasteiger partial charge on any atom is -0.375 e. The third kappa shape index (κ3) is 2.15. The molecule has 1 fully saturated rings. The average Bonchev–Trinajstić information content (AvgIpc) is 3.48. The summed E-state index contributed by atoms with van der Waals surface area (Å²) in [5.74, 6) is -0.249. The van der Waals surface area contributed by atoms with Crippen LogP contribution in [0.5, 0.6) is 0 Å². The summed E-state index contributed by atoms with van der Waals surface area (Å²) in [6, 6.07) is 16.4. The van der Waals surface area contributed by atoms with Gasteiger partial charge in [-0.15, -0.1) is 0 Å². The highest BCUT2D eigenvalue weighted by Crippen LogP contribution is 2.54. The van der Waals surface area contributed by atoms with E-state index in [1.54, 1.807) is 7.11 Å². The molecule has 3 aliphatic rings. The lowest BCUT2D eigenvalue weighted by Crippen LogP contribution is -2.59. The van der Waals surface area contributed by atoms with E-state index in [-0.39, 0.29) is 24.3 Å². The highest BCUT2D eigenvalue weighted by molar-refractivity contribution is 6.31. The minimum atomic E-state index is -1.09. The lowest BCUT2D eigenvalue weighted by atomic mass is 9.93. The second-order valence-electron chi connectivity index (χ2n) is 10.3. The van der Waals surface area contributed by atoms with Crippen LogP contribution in [0.15, 0.2) is 48.5 Å². The molecule has 3 aliphatic heterocycles. The van der Waals surface area contributed by atoms with Gasteiger partial charge in [0, 0.05) is 46.7 Å². The number of aromatic nitrogens is 2. The molecule has 8 rings (SSSR count). The summed E-state index contributed by atoms with van der Waals surface area (Å²) < 4.78 is 17.7. The molecule has 2 bridgehead atoms. The summed E-state index contributed by atoms with van der Waals surface area (Å²) in [5.41, 5.74) is 4.25. The number of carbonyl (C=O) groups is 1. The SMILES string of the molecule is CN[C@@H]1CC2O[C@@](C)([C@@H]1OC)n1c3ccccc3c3c4c(c5c6ccccc6n2c5c31)C(=O)N[C@@H]4O. The molecular formula is C28H26N4O4. The van der Waals surface area contributed by atoms with Gasteiger partial charge in [0.1, 0.15) is 12.3 Å². The van der Waals surface area contributed by atoms with Gasteiger partial charge < -0.3 is 34.3 Å². The standard InChI is InChI=1S/C28H26N4O4/c1-28-25(35-3)15(29-2)12-18(36-28)31-16-10-6-4-8-13(16)19-21-22(27(34)30-26(21)33)20-14-9-5-7-11-17(14)32(28)24(20)23(19)31/h4-11,15,18,25,27,29,34H,12H2,1-3H3,(H,30,33)/t15-,18?,25-,27-,28+/m1/s1.